The number of nitrogens with zero attached hydrogens (tertiary/aromatic N) is 4. The summed E-state index contributed by atoms with van der Waals surface area (Å²) in [5, 5.41) is 1.88. The zero-order chi connectivity index (χ0) is 19.5. The van der Waals surface area contributed by atoms with Crippen LogP contribution in [0.25, 0.3) is 0 Å². The zero-order valence-corrected chi connectivity index (χ0v) is 16.3. The first-order chi connectivity index (χ1) is 13.6. The van der Waals surface area contributed by atoms with Gasteiger partial charge in [0.15, 0.2) is 0 Å². The fraction of sp³-hybridized carbons (Fsp3) is 0.238. The normalized spacial score (nSPS) is 15.8. The second kappa shape index (κ2) is 7.90. The lowest BCUT2D eigenvalue weighted by Crippen LogP contribution is -2.44. The molecule has 3 aromatic rings. The summed E-state index contributed by atoms with van der Waals surface area (Å²) in [4.78, 5) is 39.0. The van der Waals surface area contributed by atoms with E-state index in [1.54, 1.807) is 29.2 Å². The molecule has 4 rings (SSSR count). The van der Waals surface area contributed by atoms with E-state index >= 15 is 0 Å². The maximum absolute atomic E-state index is 13.2. The molecule has 7 heteroatoms. The maximum Gasteiger partial charge on any atom is 0.264 e. The number of fused-ring (bicyclic) bond motifs is 1. The summed E-state index contributed by atoms with van der Waals surface area (Å²) in [5.74, 6) is -0.591. The number of hydrogen-bond acceptors (Lipinski definition) is 5. The van der Waals surface area contributed by atoms with Gasteiger partial charge in [-0.25, -0.2) is 0 Å². The van der Waals surface area contributed by atoms with E-state index in [4.69, 9.17) is 0 Å². The summed E-state index contributed by atoms with van der Waals surface area (Å²) < 4.78 is 0. The van der Waals surface area contributed by atoms with Crippen molar-refractivity contribution in [2.24, 2.45) is 0 Å². The Labute approximate surface area is 167 Å². The van der Waals surface area contributed by atoms with Crippen molar-refractivity contribution in [3.05, 3.63) is 82.1 Å². The molecular weight excluding hydrogens is 372 g/mol. The van der Waals surface area contributed by atoms with Crippen LogP contribution in [0.4, 0.5) is 0 Å². The molecule has 1 aliphatic rings. The molecule has 0 aromatic carbocycles. The van der Waals surface area contributed by atoms with Gasteiger partial charge in [-0.3, -0.25) is 19.6 Å². The first kappa shape index (κ1) is 18.3. The summed E-state index contributed by atoms with van der Waals surface area (Å²) in [5.41, 5.74) is 2.50. The molecule has 1 atom stereocenters. The van der Waals surface area contributed by atoms with Gasteiger partial charge < -0.3 is 9.80 Å². The SMILES string of the molecule is CN(Cc1ccccn1)C(=O)C1CN(C(=O)c2cccs2)Cc2cccnc21. The predicted octanol–water partition coefficient (Wildman–Crippen LogP) is 2.94. The average molecular weight is 392 g/mol. The van der Waals surface area contributed by atoms with E-state index in [1.807, 2.05) is 47.8 Å². The molecule has 0 saturated carbocycles. The molecule has 0 saturated heterocycles. The lowest BCUT2D eigenvalue weighted by molar-refractivity contribution is -0.132. The molecule has 28 heavy (non-hydrogen) atoms. The second-order valence-corrected chi connectivity index (χ2v) is 7.73. The van der Waals surface area contributed by atoms with Crippen molar-refractivity contribution in [2.45, 2.75) is 19.0 Å². The number of carbonyl (C=O) groups excluding carboxylic acids is 2. The van der Waals surface area contributed by atoms with Gasteiger partial charge in [0.1, 0.15) is 0 Å². The third-order valence-corrected chi connectivity index (χ3v) is 5.70. The van der Waals surface area contributed by atoms with Crippen LogP contribution in [-0.4, -0.2) is 45.2 Å². The zero-order valence-electron chi connectivity index (χ0n) is 15.5. The van der Waals surface area contributed by atoms with Crippen LogP contribution in [0.2, 0.25) is 0 Å². The first-order valence-corrected chi connectivity index (χ1v) is 9.93. The Bertz CT molecular complexity index is 975. The van der Waals surface area contributed by atoms with E-state index in [1.165, 1.54) is 11.3 Å². The van der Waals surface area contributed by atoms with E-state index in [0.717, 1.165) is 17.0 Å². The van der Waals surface area contributed by atoms with Crippen LogP contribution < -0.4 is 0 Å². The van der Waals surface area contributed by atoms with Crippen LogP contribution in [0, 0.1) is 0 Å². The fourth-order valence-electron chi connectivity index (χ4n) is 3.46. The van der Waals surface area contributed by atoms with Crippen LogP contribution in [-0.2, 0) is 17.9 Å². The number of thiophene rings is 1. The van der Waals surface area contributed by atoms with Crippen molar-refractivity contribution in [1.82, 2.24) is 19.8 Å². The molecule has 0 aliphatic carbocycles. The Kier molecular flexibility index (Phi) is 5.16. The number of pyridine rings is 2. The molecule has 0 fully saturated rings. The van der Waals surface area contributed by atoms with E-state index < -0.39 is 5.92 Å². The molecule has 0 N–H and O–H groups in total. The van der Waals surface area contributed by atoms with Gasteiger partial charge in [-0.15, -0.1) is 11.3 Å². The monoisotopic (exact) mass is 392 g/mol. The Morgan fingerprint density at radius 1 is 1.14 bits per heavy atom. The summed E-state index contributed by atoms with van der Waals surface area (Å²) in [6.45, 7) is 1.21. The Morgan fingerprint density at radius 3 is 2.75 bits per heavy atom. The van der Waals surface area contributed by atoms with Gasteiger partial charge in [-0.05, 0) is 35.2 Å². The van der Waals surface area contributed by atoms with E-state index in [0.29, 0.717) is 24.5 Å². The van der Waals surface area contributed by atoms with Gasteiger partial charge in [0, 0.05) is 32.5 Å². The van der Waals surface area contributed by atoms with Crippen LogP contribution in [0.1, 0.15) is 32.5 Å². The van der Waals surface area contributed by atoms with Crippen molar-refractivity contribution in [3.8, 4) is 0 Å². The number of carbonyl (C=O) groups is 2. The number of rotatable bonds is 4. The molecule has 0 spiro atoms. The highest BCUT2D eigenvalue weighted by atomic mass is 32.1. The molecule has 142 valence electrons. The number of aromatic nitrogens is 2. The van der Waals surface area contributed by atoms with Crippen molar-refractivity contribution in [3.63, 3.8) is 0 Å². The van der Waals surface area contributed by atoms with Crippen LogP contribution in [0.5, 0.6) is 0 Å². The molecule has 6 nitrogen and oxygen atoms in total. The smallest absolute Gasteiger partial charge is 0.264 e. The van der Waals surface area contributed by atoms with Gasteiger partial charge in [-0.1, -0.05) is 18.2 Å². The van der Waals surface area contributed by atoms with Gasteiger partial charge >= 0.3 is 0 Å². The largest absolute Gasteiger partial charge is 0.339 e. The highest BCUT2D eigenvalue weighted by Gasteiger charge is 2.35. The highest BCUT2D eigenvalue weighted by molar-refractivity contribution is 7.12. The molecule has 0 bridgehead atoms. The minimum Gasteiger partial charge on any atom is -0.339 e. The molecule has 3 aromatic heterocycles. The topological polar surface area (TPSA) is 66.4 Å². The Balaban J connectivity index is 1.59. The minimum atomic E-state index is -0.484. The predicted molar refractivity (Wildman–Crippen MR) is 107 cm³/mol. The summed E-state index contributed by atoms with van der Waals surface area (Å²) in [7, 11) is 1.76. The molecule has 1 unspecified atom stereocenters. The number of hydrogen-bond donors (Lipinski definition) is 0. The summed E-state index contributed by atoms with van der Waals surface area (Å²) in [6.07, 6.45) is 3.42. The molecule has 1 aliphatic heterocycles. The van der Waals surface area contributed by atoms with E-state index in [9.17, 15) is 9.59 Å². The minimum absolute atomic E-state index is 0.0466. The number of amides is 2. The lowest BCUT2D eigenvalue weighted by Gasteiger charge is -2.34. The Morgan fingerprint density at radius 2 is 2.00 bits per heavy atom. The van der Waals surface area contributed by atoms with Gasteiger partial charge in [0.05, 0.1) is 28.7 Å². The van der Waals surface area contributed by atoms with Crippen molar-refractivity contribution < 1.29 is 9.59 Å². The van der Waals surface area contributed by atoms with Gasteiger partial charge in [0.2, 0.25) is 5.91 Å². The molecule has 2 amide bonds. The van der Waals surface area contributed by atoms with Crippen LogP contribution in [0.3, 0.4) is 0 Å². The molecule has 0 radical (unpaired) electrons. The third-order valence-electron chi connectivity index (χ3n) is 4.84. The number of likely N-dealkylation sites (N-methyl/N-ethyl adjacent to an activating group) is 1. The third kappa shape index (κ3) is 3.66. The van der Waals surface area contributed by atoms with Crippen molar-refractivity contribution in [2.75, 3.05) is 13.6 Å². The standard InChI is InChI=1S/C21H20N4O2S/c1-24(13-16-7-2-3-9-22-16)20(26)17-14-25(21(27)18-8-5-11-28-18)12-15-6-4-10-23-19(15)17/h2-11,17H,12-14H2,1H3. The van der Waals surface area contributed by atoms with Crippen LogP contribution >= 0.6 is 11.3 Å². The summed E-state index contributed by atoms with van der Waals surface area (Å²) >= 11 is 1.41. The molecule has 4 heterocycles. The second-order valence-electron chi connectivity index (χ2n) is 6.78. The van der Waals surface area contributed by atoms with Crippen molar-refractivity contribution in [1.29, 1.82) is 0 Å². The lowest BCUT2D eigenvalue weighted by atomic mass is 9.93. The van der Waals surface area contributed by atoms with Gasteiger partial charge in [-0.2, -0.15) is 0 Å². The van der Waals surface area contributed by atoms with E-state index in [-0.39, 0.29) is 11.8 Å². The average Bonchev–Trinajstić information content (AvgIpc) is 3.27. The Hall–Kier alpha value is -3.06. The first-order valence-electron chi connectivity index (χ1n) is 9.05. The van der Waals surface area contributed by atoms with E-state index in [2.05, 4.69) is 9.97 Å². The quantitative estimate of drug-likeness (QED) is 0.685. The fourth-order valence-corrected chi connectivity index (χ4v) is 4.15. The maximum atomic E-state index is 13.2. The molecular formula is C21H20N4O2S. The summed E-state index contributed by atoms with van der Waals surface area (Å²) in [6, 6.07) is 13.1. The highest BCUT2D eigenvalue weighted by Crippen LogP contribution is 2.29. The van der Waals surface area contributed by atoms with Crippen molar-refractivity contribution >= 4 is 23.2 Å². The van der Waals surface area contributed by atoms with Crippen LogP contribution in [0.15, 0.2) is 60.2 Å². The van der Waals surface area contributed by atoms with Gasteiger partial charge in [0.25, 0.3) is 5.91 Å².